The number of fused-ring (bicyclic) bond motifs is 1. The Balaban J connectivity index is 1.72. The molecule has 2 aromatic heterocycles. The first-order valence-electron chi connectivity index (χ1n) is 11.8. The molecule has 172 valence electrons. The Bertz CT molecular complexity index is 1020. The molecule has 1 aromatic carbocycles. The standard InChI is InChI=1S/C27H36N2O3/c1-5-14-28(15-6-2)16-10-18-32-24-13-12-22(20-25(24)31-4)27(30)26-21(7-3)19-23-11-8-9-17-29(23)26/h8-9,11-13,17,19-20H,5-7,10,14-16,18H2,1-4H3. The summed E-state index contributed by atoms with van der Waals surface area (Å²) < 4.78 is 13.5. The summed E-state index contributed by atoms with van der Waals surface area (Å²) in [7, 11) is 1.62. The first-order valence-corrected chi connectivity index (χ1v) is 11.8. The van der Waals surface area contributed by atoms with E-state index >= 15 is 0 Å². The molecule has 0 aliphatic rings. The van der Waals surface area contributed by atoms with Gasteiger partial charge in [-0.2, -0.15) is 0 Å². The molecule has 5 nitrogen and oxygen atoms in total. The minimum absolute atomic E-state index is 0.00678. The highest BCUT2D eigenvalue weighted by atomic mass is 16.5. The van der Waals surface area contributed by atoms with Crippen molar-refractivity contribution in [3.05, 3.63) is 65.5 Å². The Morgan fingerprint density at radius 3 is 2.44 bits per heavy atom. The van der Waals surface area contributed by atoms with Gasteiger partial charge in [-0.25, -0.2) is 0 Å². The maximum absolute atomic E-state index is 13.4. The number of aryl methyl sites for hydroxylation is 1. The van der Waals surface area contributed by atoms with Crippen LogP contribution in [0.25, 0.3) is 5.52 Å². The Hall–Kier alpha value is -2.79. The fourth-order valence-corrected chi connectivity index (χ4v) is 4.21. The highest BCUT2D eigenvalue weighted by Gasteiger charge is 2.20. The first-order chi connectivity index (χ1) is 15.6. The highest BCUT2D eigenvalue weighted by molar-refractivity contribution is 6.10. The van der Waals surface area contributed by atoms with Crippen LogP contribution in [0.3, 0.4) is 0 Å². The van der Waals surface area contributed by atoms with Gasteiger partial charge in [-0.3, -0.25) is 4.79 Å². The zero-order valence-electron chi connectivity index (χ0n) is 19.9. The number of nitrogens with zero attached hydrogens (tertiary/aromatic N) is 2. The molecule has 5 heteroatoms. The van der Waals surface area contributed by atoms with Crippen LogP contribution in [0.4, 0.5) is 0 Å². The van der Waals surface area contributed by atoms with E-state index in [0.29, 0.717) is 29.4 Å². The third kappa shape index (κ3) is 5.52. The van der Waals surface area contributed by atoms with E-state index in [9.17, 15) is 4.79 Å². The average molecular weight is 437 g/mol. The zero-order valence-corrected chi connectivity index (χ0v) is 19.9. The van der Waals surface area contributed by atoms with Gasteiger partial charge < -0.3 is 18.8 Å². The van der Waals surface area contributed by atoms with Crippen molar-refractivity contribution in [2.45, 2.75) is 46.5 Å². The van der Waals surface area contributed by atoms with Gasteiger partial charge in [0.15, 0.2) is 11.5 Å². The van der Waals surface area contributed by atoms with Crippen molar-refractivity contribution in [2.24, 2.45) is 0 Å². The summed E-state index contributed by atoms with van der Waals surface area (Å²) >= 11 is 0. The minimum atomic E-state index is -0.00678. The van der Waals surface area contributed by atoms with Crippen LogP contribution in [0.5, 0.6) is 11.5 Å². The lowest BCUT2D eigenvalue weighted by atomic mass is 10.0. The molecule has 0 saturated heterocycles. The maximum atomic E-state index is 13.4. The number of hydrogen-bond acceptors (Lipinski definition) is 4. The molecule has 0 N–H and O–H groups in total. The smallest absolute Gasteiger partial charge is 0.210 e. The first kappa shape index (κ1) is 23.9. The SMILES string of the molecule is CCCN(CCC)CCCOc1ccc(C(=O)c2c(CC)cc3ccccn23)cc1OC. The molecule has 0 radical (unpaired) electrons. The molecule has 0 aliphatic carbocycles. The molecule has 3 rings (SSSR count). The van der Waals surface area contributed by atoms with Crippen LogP contribution in [0, 0.1) is 0 Å². The van der Waals surface area contributed by atoms with Gasteiger partial charge in [0.1, 0.15) is 0 Å². The number of methoxy groups -OCH3 is 1. The largest absolute Gasteiger partial charge is 0.493 e. The van der Waals surface area contributed by atoms with Gasteiger partial charge >= 0.3 is 0 Å². The number of ether oxygens (including phenoxy) is 2. The number of hydrogen-bond donors (Lipinski definition) is 0. The van der Waals surface area contributed by atoms with Crippen LogP contribution in [0.2, 0.25) is 0 Å². The molecule has 0 unspecified atom stereocenters. The molecule has 0 aliphatic heterocycles. The lowest BCUT2D eigenvalue weighted by Gasteiger charge is -2.21. The van der Waals surface area contributed by atoms with Gasteiger partial charge in [0.25, 0.3) is 0 Å². The molecule has 32 heavy (non-hydrogen) atoms. The van der Waals surface area contributed by atoms with Crippen molar-refractivity contribution in [2.75, 3.05) is 33.4 Å². The fourth-order valence-electron chi connectivity index (χ4n) is 4.21. The molecule has 0 atom stereocenters. The van der Waals surface area contributed by atoms with Crippen LogP contribution in [0.1, 0.15) is 61.6 Å². The van der Waals surface area contributed by atoms with Crippen molar-refractivity contribution in [1.82, 2.24) is 9.30 Å². The van der Waals surface area contributed by atoms with E-state index in [0.717, 1.165) is 43.6 Å². The third-order valence-electron chi connectivity index (χ3n) is 5.74. The van der Waals surface area contributed by atoms with Gasteiger partial charge in [0, 0.05) is 23.8 Å². The second kappa shape index (κ2) is 11.7. The second-order valence-electron chi connectivity index (χ2n) is 8.11. The summed E-state index contributed by atoms with van der Waals surface area (Å²) in [6.45, 7) is 10.4. The van der Waals surface area contributed by atoms with Gasteiger partial charge in [-0.05, 0) is 80.7 Å². The Morgan fingerprint density at radius 2 is 1.75 bits per heavy atom. The van der Waals surface area contributed by atoms with Crippen LogP contribution >= 0.6 is 0 Å². The summed E-state index contributed by atoms with van der Waals surface area (Å²) in [5.74, 6) is 1.26. The number of pyridine rings is 1. The van der Waals surface area contributed by atoms with Crippen molar-refractivity contribution in [3.8, 4) is 11.5 Å². The van der Waals surface area contributed by atoms with Crippen LogP contribution in [-0.4, -0.2) is 48.4 Å². The van der Waals surface area contributed by atoms with Gasteiger partial charge in [-0.1, -0.05) is 26.8 Å². The lowest BCUT2D eigenvalue weighted by molar-refractivity contribution is 0.103. The van der Waals surface area contributed by atoms with Gasteiger partial charge in [-0.15, -0.1) is 0 Å². The quantitative estimate of drug-likeness (QED) is 0.257. The summed E-state index contributed by atoms with van der Waals surface area (Å²) in [5.41, 5.74) is 3.39. The molecular formula is C27H36N2O3. The number of benzene rings is 1. The van der Waals surface area contributed by atoms with Crippen molar-refractivity contribution < 1.29 is 14.3 Å². The maximum Gasteiger partial charge on any atom is 0.210 e. The molecule has 2 heterocycles. The van der Waals surface area contributed by atoms with Gasteiger partial charge in [0.2, 0.25) is 5.78 Å². The second-order valence-corrected chi connectivity index (χ2v) is 8.11. The summed E-state index contributed by atoms with van der Waals surface area (Å²) in [6, 6.07) is 13.5. The topological polar surface area (TPSA) is 43.2 Å². The molecule has 0 bridgehead atoms. The van der Waals surface area contributed by atoms with Crippen LogP contribution in [0.15, 0.2) is 48.7 Å². The highest BCUT2D eigenvalue weighted by Crippen LogP contribution is 2.30. The molecule has 3 aromatic rings. The average Bonchev–Trinajstić information content (AvgIpc) is 3.20. The van der Waals surface area contributed by atoms with E-state index < -0.39 is 0 Å². The minimum Gasteiger partial charge on any atom is -0.493 e. The van der Waals surface area contributed by atoms with E-state index in [1.807, 2.05) is 40.9 Å². The van der Waals surface area contributed by atoms with Gasteiger partial charge in [0.05, 0.1) is 19.4 Å². The molecule has 0 spiro atoms. The number of aromatic nitrogens is 1. The lowest BCUT2D eigenvalue weighted by Crippen LogP contribution is -2.27. The predicted octanol–water partition coefficient (Wildman–Crippen LogP) is 5.63. The van der Waals surface area contributed by atoms with E-state index in [1.54, 1.807) is 13.2 Å². The van der Waals surface area contributed by atoms with Crippen LogP contribution in [-0.2, 0) is 6.42 Å². The van der Waals surface area contributed by atoms with Crippen molar-refractivity contribution in [3.63, 3.8) is 0 Å². The summed E-state index contributed by atoms with van der Waals surface area (Å²) in [6.07, 6.45) is 6.03. The molecule has 0 amide bonds. The van der Waals surface area contributed by atoms with Crippen molar-refractivity contribution >= 4 is 11.3 Å². The fraction of sp³-hybridized carbons (Fsp3) is 0.444. The summed E-state index contributed by atoms with van der Waals surface area (Å²) in [4.78, 5) is 15.9. The molecule has 0 fully saturated rings. The van der Waals surface area contributed by atoms with E-state index in [-0.39, 0.29) is 5.78 Å². The molecular weight excluding hydrogens is 400 g/mol. The number of carbonyl (C=O) groups excluding carboxylic acids is 1. The number of ketones is 1. The van der Waals surface area contributed by atoms with Crippen molar-refractivity contribution in [1.29, 1.82) is 0 Å². The number of carbonyl (C=O) groups is 1. The van der Waals surface area contributed by atoms with Crippen LogP contribution < -0.4 is 9.47 Å². The van der Waals surface area contributed by atoms with E-state index in [4.69, 9.17) is 9.47 Å². The molecule has 0 saturated carbocycles. The normalized spacial score (nSPS) is 11.3. The zero-order chi connectivity index (χ0) is 22.9. The Labute approximate surface area is 191 Å². The van der Waals surface area contributed by atoms with E-state index in [2.05, 4.69) is 31.7 Å². The number of rotatable bonds is 13. The third-order valence-corrected chi connectivity index (χ3v) is 5.74. The summed E-state index contributed by atoms with van der Waals surface area (Å²) in [5, 5.41) is 0. The predicted molar refractivity (Wildman–Crippen MR) is 130 cm³/mol. The Morgan fingerprint density at radius 1 is 0.969 bits per heavy atom. The van der Waals surface area contributed by atoms with E-state index in [1.165, 1.54) is 12.8 Å². The monoisotopic (exact) mass is 436 g/mol. The Kier molecular flexibility index (Phi) is 8.74.